The lowest BCUT2D eigenvalue weighted by molar-refractivity contribution is -0.120. The van der Waals surface area contributed by atoms with Gasteiger partial charge in [0.2, 0.25) is 5.91 Å². The van der Waals surface area contributed by atoms with Crippen LogP contribution in [-0.2, 0) is 4.79 Å². The molecule has 0 atom stereocenters. The molecule has 0 aromatic carbocycles. The van der Waals surface area contributed by atoms with E-state index in [1.807, 2.05) is 5.43 Å². The zero-order valence-corrected chi connectivity index (χ0v) is 5.97. The Labute approximate surface area is 57.2 Å². The van der Waals surface area contributed by atoms with Gasteiger partial charge in [0.25, 0.3) is 0 Å². The molecule has 0 saturated carbocycles. The first-order valence-corrected chi connectivity index (χ1v) is 4.11. The van der Waals surface area contributed by atoms with Gasteiger partial charge in [-0.15, -0.1) is 11.7 Å². The summed E-state index contributed by atoms with van der Waals surface area (Å²) in [6, 6.07) is 0. The Hall–Kier alpha value is 0.130. The molecule has 0 aliphatic carbocycles. The van der Waals surface area contributed by atoms with Crippen molar-refractivity contribution in [1.82, 2.24) is 5.43 Å². The lowest BCUT2D eigenvalue weighted by Gasteiger charge is -1.93. The summed E-state index contributed by atoms with van der Waals surface area (Å²) in [5.41, 5.74) is 2.01. The van der Waals surface area contributed by atoms with Crippen LogP contribution in [0.5, 0.6) is 0 Å². The summed E-state index contributed by atoms with van der Waals surface area (Å²) < 4.78 is 0. The molecule has 8 heavy (non-hydrogen) atoms. The minimum atomic E-state index is -0.147. The third-order valence-electron chi connectivity index (χ3n) is 0.581. The molecule has 0 saturated heterocycles. The van der Waals surface area contributed by atoms with E-state index >= 15 is 0 Å². The van der Waals surface area contributed by atoms with Gasteiger partial charge >= 0.3 is 0 Å². The van der Waals surface area contributed by atoms with Gasteiger partial charge in [0.05, 0.1) is 0 Å². The Kier molecular flexibility index (Phi) is 5.36. The molecular formula is C3H8N2OS2. The Morgan fingerprint density at radius 3 is 2.88 bits per heavy atom. The molecule has 0 bridgehead atoms. The maximum atomic E-state index is 10.3. The SMILES string of the molecule is NNC(=O)CCSS. The first-order valence-electron chi connectivity index (χ1n) is 2.07. The van der Waals surface area contributed by atoms with Crippen LogP contribution in [0.15, 0.2) is 0 Å². The fraction of sp³-hybridized carbons (Fsp3) is 0.667. The molecule has 0 heterocycles. The predicted molar refractivity (Wildman–Crippen MR) is 38.4 cm³/mol. The molecule has 0 radical (unpaired) electrons. The smallest absolute Gasteiger partial charge is 0.234 e. The van der Waals surface area contributed by atoms with Crippen molar-refractivity contribution < 1.29 is 4.79 Å². The van der Waals surface area contributed by atoms with E-state index in [2.05, 4.69) is 11.7 Å². The fourth-order valence-corrected chi connectivity index (χ4v) is 0.761. The summed E-state index contributed by atoms with van der Waals surface area (Å²) in [7, 11) is 1.32. The predicted octanol–water partition coefficient (Wildman–Crippen LogP) is -0.0556. The van der Waals surface area contributed by atoms with Crippen LogP contribution >= 0.6 is 22.5 Å². The Bertz CT molecular complexity index is 77.7. The van der Waals surface area contributed by atoms with Gasteiger partial charge in [-0.25, -0.2) is 5.84 Å². The number of hydrogen-bond donors (Lipinski definition) is 3. The number of amides is 1. The second-order valence-electron chi connectivity index (χ2n) is 1.15. The lowest BCUT2D eigenvalue weighted by atomic mass is 10.5. The summed E-state index contributed by atoms with van der Waals surface area (Å²) in [5, 5.41) is 0. The molecule has 0 aromatic rings. The maximum Gasteiger partial charge on any atom is 0.234 e. The van der Waals surface area contributed by atoms with E-state index in [0.29, 0.717) is 12.2 Å². The van der Waals surface area contributed by atoms with E-state index in [1.165, 1.54) is 10.8 Å². The van der Waals surface area contributed by atoms with Crippen molar-refractivity contribution in [1.29, 1.82) is 0 Å². The van der Waals surface area contributed by atoms with Gasteiger partial charge in [0.15, 0.2) is 0 Å². The molecule has 1 amide bonds. The number of carbonyl (C=O) groups is 1. The standard InChI is InChI=1S/C3H8N2OS2/c4-5-3(6)1-2-8-7/h7H,1-2,4H2,(H,5,6). The minimum Gasteiger partial charge on any atom is -0.294 e. The van der Waals surface area contributed by atoms with Crippen LogP contribution in [0.3, 0.4) is 0 Å². The zero-order chi connectivity index (χ0) is 6.41. The van der Waals surface area contributed by atoms with Gasteiger partial charge in [0.1, 0.15) is 0 Å². The highest BCUT2D eigenvalue weighted by Gasteiger charge is 1.93. The summed E-state index contributed by atoms with van der Waals surface area (Å²) in [6.45, 7) is 0. The molecule has 0 aliphatic heterocycles. The second kappa shape index (κ2) is 5.27. The van der Waals surface area contributed by atoms with Gasteiger partial charge in [-0.05, 0) is 0 Å². The van der Waals surface area contributed by atoms with E-state index in [4.69, 9.17) is 5.84 Å². The van der Waals surface area contributed by atoms with Crippen molar-refractivity contribution in [3.63, 3.8) is 0 Å². The highest BCUT2D eigenvalue weighted by atomic mass is 33.1. The monoisotopic (exact) mass is 152 g/mol. The number of hydrazine groups is 1. The Morgan fingerprint density at radius 1 is 1.88 bits per heavy atom. The summed E-state index contributed by atoms with van der Waals surface area (Å²) in [4.78, 5) is 10.3. The molecule has 0 aliphatic rings. The van der Waals surface area contributed by atoms with Crippen molar-refractivity contribution in [2.45, 2.75) is 6.42 Å². The number of rotatable bonds is 3. The quantitative estimate of drug-likeness (QED) is 0.175. The summed E-state index contributed by atoms with van der Waals surface area (Å²) in [6.07, 6.45) is 0.435. The first-order chi connectivity index (χ1) is 3.81. The first kappa shape index (κ1) is 8.13. The van der Waals surface area contributed by atoms with E-state index in [9.17, 15) is 4.79 Å². The molecule has 48 valence electrons. The number of hydrogen-bond acceptors (Lipinski definition) is 4. The highest BCUT2D eigenvalue weighted by Crippen LogP contribution is 2.04. The van der Waals surface area contributed by atoms with Gasteiger partial charge < -0.3 is 0 Å². The second-order valence-corrected chi connectivity index (χ2v) is 2.59. The van der Waals surface area contributed by atoms with E-state index in [0.717, 1.165) is 0 Å². The topological polar surface area (TPSA) is 55.1 Å². The average molecular weight is 152 g/mol. The minimum absolute atomic E-state index is 0.147. The molecule has 3 nitrogen and oxygen atoms in total. The van der Waals surface area contributed by atoms with Crippen molar-refractivity contribution in [2.24, 2.45) is 5.84 Å². The third-order valence-corrected chi connectivity index (χ3v) is 1.52. The molecule has 0 fully saturated rings. The van der Waals surface area contributed by atoms with Crippen LogP contribution in [0.4, 0.5) is 0 Å². The number of carbonyl (C=O) groups excluding carboxylic acids is 1. The van der Waals surface area contributed by atoms with Gasteiger partial charge in [-0.3, -0.25) is 10.2 Å². The Morgan fingerprint density at radius 2 is 2.50 bits per heavy atom. The molecule has 0 rings (SSSR count). The van der Waals surface area contributed by atoms with Crippen LogP contribution in [-0.4, -0.2) is 11.7 Å². The Balaban J connectivity index is 2.99. The van der Waals surface area contributed by atoms with Crippen LogP contribution < -0.4 is 11.3 Å². The molecule has 0 aromatic heterocycles. The largest absolute Gasteiger partial charge is 0.294 e. The molecule has 0 unspecified atom stereocenters. The normalized spacial score (nSPS) is 8.75. The number of nitrogens with one attached hydrogen (secondary N) is 1. The van der Waals surface area contributed by atoms with Crippen LogP contribution in [0, 0.1) is 0 Å². The lowest BCUT2D eigenvalue weighted by Crippen LogP contribution is -2.30. The van der Waals surface area contributed by atoms with Crippen molar-refractivity contribution >= 4 is 28.4 Å². The van der Waals surface area contributed by atoms with Crippen molar-refractivity contribution in [2.75, 3.05) is 5.75 Å². The van der Waals surface area contributed by atoms with E-state index in [1.54, 1.807) is 0 Å². The summed E-state index contributed by atoms with van der Waals surface area (Å²) in [5.74, 6) is 5.33. The van der Waals surface area contributed by atoms with Crippen LogP contribution in [0.1, 0.15) is 6.42 Å². The van der Waals surface area contributed by atoms with Crippen LogP contribution in [0.25, 0.3) is 0 Å². The van der Waals surface area contributed by atoms with Gasteiger partial charge in [-0.2, -0.15) is 0 Å². The summed E-state index contributed by atoms with van der Waals surface area (Å²) >= 11 is 3.83. The maximum absolute atomic E-state index is 10.3. The third kappa shape index (κ3) is 4.29. The number of thiol groups is 1. The zero-order valence-electron chi connectivity index (χ0n) is 4.26. The van der Waals surface area contributed by atoms with Crippen LogP contribution in [0.2, 0.25) is 0 Å². The molecule has 0 spiro atoms. The molecule has 5 heteroatoms. The fourth-order valence-electron chi connectivity index (χ4n) is 0.211. The molecule has 3 N–H and O–H groups in total. The van der Waals surface area contributed by atoms with Gasteiger partial charge in [0, 0.05) is 12.2 Å². The van der Waals surface area contributed by atoms with Gasteiger partial charge in [-0.1, -0.05) is 10.8 Å². The van der Waals surface area contributed by atoms with E-state index in [-0.39, 0.29) is 5.91 Å². The number of nitrogens with two attached hydrogens (primary N) is 1. The highest BCUT2D eigenvalue weighted by molar-refractivity contribution is 8.68. The molecular weight excluding hydrogens is 144 g/mol. The van der Waals surface area contributed by atoms with Crippen molar-refractivity contribution in [3.05, 3.63) is 0 Å². The van der Waals surface area contributed by atoms with Crippen molar-refractivity contribution in [3.8, 4) is 0 Å². The van der Waals surface area contributed by atoms with E-state index < -0.39 is 0 Å². The average Bonchev–Trinajstić information content (AvgIpc) is 1.83.